The van der Waals surface area contributed by atoms with Crippen LogP contribution < -0.4 is 10.0 Å². The van der Waals surface area contributed by atoms with Crippen LogP contribution in [0.1, 0.15) is 16.6 Å². The highest BCUT2D eigenvalue weighted by Crippen LogP contribution is 2.28. The van der Waals surface area contributed by atoms with Gasteiger partial charge in [-0.1, -0.05) is 0 Å². The van der Waals surface area contributed by atoms with Crippen LogP contribution in [-0.4, -0.2) is 54.3 Å². The molecule has 0 saturated carbocycles. The van der Waals surface area contributed by atoms with Gasteiger partial charge in [0.1, 0.15) is 4.88 Å². The lowest BCUT2D eigenvalue weighted by Crippen LogP contribution is -2.33. The third kappa shape index (κ3) is 6.19. The van der Waals surface area contributed by atoms with Crippen LogP contribution in [0.15, 0.2) is 29.2 Å². The van der Waals surface area contributed by atoms with E-state index < -0.39 is 16.0 Å². The number of methoxy groups -OCH3 is 1. The fraction of sp³-hybridized carbons (Fsp3) is 0.438. The molecule has 7 nitrogen and oxygen atoms in total. The Morgan fingerprint density at radius 3 is 2.65 bits per heavy atom. The number of esters is 1. The second-order valence-electron chi connectivity index (χ2n) is 5.17. The number of halogens is 1. The number of thiophene rings is 1. The Balaban J connectivity index is 0.00000338. The Labute approximate surface area is 163 Å². The molecule has 146 valence electrons. The molecule has 10 heteroatoms. The molecule has 2 aromatic rings. The molecule has 0 aliphatic carbocycles. The average Bonchev–Trinajstić information content (AvgIpc) is 3.01. The van der Waals surface area contributed by atoms with E-state index in [-0.39, 0.29) is 23.8 Å². The fourth-order valence-electron chi connectivity index (χ4n) is 2.15. The summed E-state index contributed by atoms with van der Waals surface area (Å²) in [6.45, 7) is 4.07. The summed E-state index contributed by atoms with van der Waals surface area (Å²) in [5.74, 6) is -0.395. The van der Waals surface area contributed by atoms with Gasteiger partial charge in [-0.3, -0.25) is 0 Å². The minimum atomic E-state index is -3.60. The zero-order valence-corrected chi connectivity index (χ0v) is 17.1. The molecule has 0 amide bonds. The van der Waals surface area contributed by atoms with Crippen molar-refractivity contribution in [2.45, 2.75) is 11.8 Å². The molecule has 0 aliphatic heterocycles. The number of nitrogens with one attached hydrogen (secondary N) is 2. The summed E-state index contributed by atoms with van der Waals surface area (Å²) in [6.07, 6.45) is 0. The van der Waals surface area contributed by atoms with E-state index in [4.69, 9.17) is 9.47 Å². The van der Waals surface area contributed by atoms with Gasteiger partial charge < -0.3 is 14.8 Å². The lowest BCUT2D eigenvalue weighted by atomic mass is 10.2. The molecule has 0 unspecified atom stereocenters. The smallest absolute Gasteiger partial charge is 0.348 e. The van der Waals surface area contributed by atoms with Gasteiger partial charge in [-0.05, 0) is 36.6 Å². The van der Waals surface area contributed by atoms with Crippen molar-refractivity contribution >= 4 is 49.8 Å². The van der Waals surface area contributed by atoms with E-state index in [1.54, 1.807) is 32.2 Å². The van der Waals surface area contributed by atoms with Crippen LogP contribution in [-0.2, 0) is 19.5 Å². The van der Waals surface area contributed by atoms with Crippen molar-refractivity contribution in [2.24, 2.45) is 0 Å². The van der Waals surface area contributed by atoms with E-state index in [0.29, 0.717) is 36.6 Å². The van der Waals surface area contributed by atoms with E-state index in [9.17, 15) is 13.2 Å². The molecule has 0 atom stereocenters. The Bertz CT molecular complexity index is 823. The molecular weight excluding hydrogens is 400 g/mol. The first-order valence-electron chi connectivity index (χ1n) is 7.88. The highest BCUT2D eigenvalue weighted by molar-refractivity contribution is 7.89. The Hall–Kier alpha value is -1.23. The van der Waals surface area contributed by atoms with Crippen molar-refractivity contribution < 1.29 is 22.7 Å². The molecule has 1 aromatic heterocycles. The predicted molar refractivity (Wildman–Crippen MR) is 105 cm³/mol. The maximum absolute atomic E-state index is 12.4. The molecule has 0 spiro atoms. The van der Waals surface area contributed by atoms with Crippen LogP contribution in [0.3, 0.4) is 0 Å². The maximum atomic E-state index is 12.4. The van der Waals surface area contributed by atoms with Crippen LogP contribution in [0.25, 0.3) is 10.1 Å². The van der Waals surface area contributed by atoms with Gasteiger partial charge in [0.05, 0.1) is 18.1 Å². The number of carbonyl (C=O) groups is 1. The second kappa shape index (κ2) is 10.8. The van der Waals surface area contributed by atoms with Gasteiger partial charge in [0.2, 0.25) is 10.0 Å². The monoisotopic (exact) mass is 422 g/mol. The summed E-state index contributed by atoms with van der Waals surface area (Å²) in [4.78, 5) is 12.4. The molecule has 0 saturated heterocycles. The van der Waals surface area contributed by atoms with Crippen LogP contribution in [0, 0.1) is 0 Å². The van der Waals surface area contributed by atoms with Crippen LogP contribution in [0.2, 0.25) is 0 Å². The molecule has 0 aliphatic rings. The molecule has 2 rings (SSSR count). The summed E-state index contributed by atoms with van der Waals surface area (Å²) >= 11 is 1.28. The normalized spacial score (nSPS) is 11.3. The molecule has 0 bridgehead atoms. The van der Waals surface area contributed by atoms with E-state index >= 15 is 0 Å². The van der Waals surface area contributed by atoms with Crippen LogP contribution in [0.4, 0.5) is 0 Å². The summed E-state index contributed by atoms with van der Waals surface area (Å²) in [7, 11) is -1.99. The first kappa shape index (κ1) is 22.8. The van der Waals surface area contributed by atoms with Crippen molar-refractivity contribution in [3.63, 3.8) is 0 Å². The highest BCUT2D eigenvalue weighted by Gasteiger charge is 2.16. The van der Waals surface area contributed by atoms with Gasteiger partial charge in [-0.15, -0.1) is 23.7 Å². The standard InChI is InChI=1S/C16H22N2O5S2.ClH/c1-3-23-16(19)15-11-12-10-13(4-5-14(12)24-15)25(20,21)18-7-6-17-8-9-22-2;/h4-5,10-11,17-18H,3,6-9H2,1-2H3;1H. The summed E-state index contributed by atoms with van der Waals surface area (Å²) in [6, 6.07) is 6.46. The van der Waals surface area contributed by atoms with Crippen molar-refractivity contribution in [1.82, 2.24) is 10.0 Å². The average molecular weight is 423 g/mol. The molecule has 1 heterocycles. The predicted octanol–water partition coefficient (Wildman–Crippen LogP) is 2.01. The lowest BCUT2D eigenvalue weighted by Gasteiger charge is -2.08. The molecular formula is C16H23ClN2O5S2. The largest absolute Gasteiger partial charge is 0.462 e. The molecule has 26 heavy (non-hydrogen) atoms. The zero-order valence-electron chi connectivity index (χ0n) is 14.6. The first-order chi connectivity index (χ1) is 12.0. The number of ether oxygens (including phenoxy) is 2. The van der Waals surface area contributed by atoms with Gasteiger partial charge >= 0.3 is 5.97 Å². The highest BCUT2D eigenvalue weighted by atomic mass is 35.5. The zero-order chi connectivity index (χ0) is 18.3. The Morgan fingerprint density at radius 1 is 1.19 bits per heavy atom. The van der Waals surface area contributed by atoms with Crippen LogP contribution in [0.5, 0.6) is 0 Å². The van der Waals surface area contributed by atoms with E-state index in [1.165, 1.54) is 17.4 Å². The summed E-state index contributed by atoms with van der Waals surface area (Å²) in [5.41, 5.74) is 0. The van der Waals surface area contributed by atoms with E-state index in [1.807, 2.05) is 0 Å². The number of hydrogen-bond donors (Lipinski definition) is 2. The second-order valence-corrected chi connectivity index (χ2v) is 8.02. The maximum Gasteiger partial charge on any atom is 0.348 e. The number of rotatable bonds is 10. The Kier molecular flexibility index (Phi) is 9.48. The van der Waals surface area contributed by atoms with Crippen molar-refractivity contribution in [1.29, 1.82) is 0 Å². The van der Waals surface area contributed by atoms with E-state index in [0.717, 1.165) is 4.70 Å². The molecule has 1 aromatic carbocycles. The number of sulfonamides is 1. The topological polar surface area (TPSA) is 93.7 Å². The van der Waals surface area contributed by atoms with Gasteiger partial charge in [0.25, 0.3) is 0 Å². The van der Waals surface area contributed by atoms with Gasteiger partial charge in [0.15, 0.2) is 0 Å². The molecule has 0 radical (unpaired) electrons. The van der Waals surface area contributed by atoms with Gasteiger partial charge in [-0.2, -0.15) is 0 Å². The summed E-state index contributed by atoms with van der Waals surface area (Å²) in [5, 5.41) is 3.77. The minimum absolute atomic E-state index is 0. The number of fused-ring (bicyclic) bond motifs is 1. The SMILES string of the molecule is CCOC(=O)c1cc2cc(S(=O)(=O)NCCNCCOC)ccc2s1.Cl. The first-order valence-corrected chi connectivity index (χ1v) is 10.2. The Morgan fingerprint density at radius 2 is 1.96 bits per heavy atom. The molecule has 2 N–H and O–H groups in total. The fourth-order valence-corrected chi connectivity index (χ4v) is 4.15. The van der Waals surface area contributed by atoms with Crippen molar-refractivity contribution in [2.75, 3.05) is 40.0 Å². The number of hydrogen-bond acceptors (Lipinski definition) is 7. The quantitative estimate of drug-likeness (QED) is 0.449. The van der Waals surface area contributed by atoms with E-state index in [2.05, 4.69) is 10.0 Å². The van der Waals surface area contributed by atoms with Crippen molar-refractivity contribution in [3.05, 3.63) is 29.1 Å². The van der Waals surface area contributed by atoms with Crippen molar-refractivity contribution in [3.8, 4) is 0 Å². The van der Waals surface area contributed by atoms with Gasteiger partial charge in [-0.25, -0.2) is 17.9 Å². The van der Waals surface area contributed by atoms with Gasteiger partial charge in [0, 0.05) is 31.4 Å². The lowest BCUT2D eigenvalue weighted by molar-refractivity contribution is 0.0532. The number of benzene rings is 1. The number of carbonyl (C=O) groups excluding carboxylic acids is 1. The minimum Gasteiger partial charge on any atom is -0.462 e. The molecule has 0 fully saturated rings. The third-order valence-corrected chi connectivity index (χ3v) is 5.91. The third-order valence-electron chi connectivity index (χ3n) is 3.35. The summed E-state index contributed by atoms with van der Waals surface area (Å²) < 4.78 is 38.0. The van der Waals surface area contributed by atoms with Crippen LogP contribution >= 0.6 is 23.7 Å².